The molecular weight excluding hydrogens is 327 g/mol. The number of ether oxygens (including phenoxy) is 1. The van der Waals surface area contributed by atoms with Crippen LogP contribution in [-0.2, 0) is 0 Å². The fraction of sp³-hybridized carbons (Fsp3) is 0.500. The van der Waals surface area contributed by atoms with Crippen molar-refractivity contribution in [1.82, 2.24) is 0 Å². The molecule has 1 aromatic rings. The molecule has 0 radical (unpaired) electrons. The Kier molecular flexibility index (Phi) is 5.23. The second-order valence-electron chi connectivity index (χ2n) is 5.04. The lowest BCUT2D eigenvalue weighted by Gasteiger charge is -2.22. The highest BCUT2D eigenvalue weighted by Gasteiger charge is 2.18. The summed E-state index contributed by atoms with van der Waals surface area (Å²) in [6, 6.07) is 3.08. The number of nitrogens with two attached hydrogens (primary N) is 1. The highest BCUT2D eigenvalue weighted by atomic mass is 79.9. The molecular formula is C14H18BrFN2O2. The predicted octanol–water partition coefficient (Wildman–Crippen LogP) is 3.64. The lowest BCUT2D eigenvalue weighted by molar-refractivity contribution is 0.202. The monoisotopic (exact) mass is 344 g/mol. The number of hydrogen-bond donors (Lipinski definition) is 2. The Morgan fingerprint density at radius 3 is 2.75 bits per heavy atom. The van der Waals surface area contributed by atoms with Gasteiger partial charge in [-0.15, -0.1) is 0 Å². The van der Waals surface area contributed by atoms with Crippen LogP contribution in [0, 0.1) is 11.7 Å². The topological polar surface area (TPSA) is 67.8 Å². The van der Waals surface area contributed by atoms with E-state index in [1.165, 1.54) is 25.3 Å². The Morgan fingerprint density at radius 2 is 2.10 bits per heavy atom. The molecule has 3 N–H and O–H groups in total. The number of amidine groups is 1. The molecule has 0 saturated heterocycles. The number of benzene rings is 1. The second-order valence-corrected chi connectivity index (χ2v) is 5.83. The van der Waals surface area contributed by atoms with E-state index in [-0.39, 0.29) is 16.1 Å². The lowest BCUT2D eigenvalue weighted by atomic mass is 9.90. The molecule has 0 aromatic heterocycles. The van der Waals surface area contributed by atoms with Gasteiger partial charge in [0.15, 0.2) is 17.4 Å². The lowest BCUT2D eigenvalue weighted by Crippen LogP contribution is -2.17. The van der Waals surface area contributed by atoms with Crippen LogP contribution < -0.4 is 10.5 Å². The number of hydrogen-bond acceptors (Lipinski definition) is 3. The summed E-state index contributed by atoms with van der Waals surface area (Å²) in [4.78, 5) is 0. The third-order valence-corrected chi connectivity index (χ3v) is 4.41. The van der Waals surface area contributed by atoms with Gasteiger partial charge in [0, 0.05) is 5.56 Å². The maximum atomic E-state index is 14.1. The Balaban J connectivity index is 2.07. The van der Waals surface area contributed by atoms with Gasteiger partial charge in [-0.25, -0.2) is 4.39 Å². The number of rotatable bonds is 4. The average Bonchev–Trinajstić information content (AvgIpc) is 2.49. The van der Waals surface area contributed by atoms with E-state index in [2.05, 4.69) is 21.1 Å². The molecule has 110 valence electrons. The summed E-state index contributed by atoms with van der Waals surface area (Å²) in [6.07, 6.45) is 6.02. The molecule has 1 aliphatic rings. The van der Waals surface area contributed by atoms with Gasteiger partial charge in [0.05, 0.1) is 11.1 Å². The number of halogens is 2. The van der Waals surface area contributed by atoms with E-state index in [0.717, 1.165) is 12.8 Å². The standard InChI is InChI=1S/C14H18BrFN2O2/c15-12-10(14(17)18-19)6-7-11(13(12)16)20-8-9-4-2-1-3-5-9/h6-7,9,19H,1-5,8H2,(H2,17,18). The maximum Gasteiger partial charge on any atom is 0.179 e. The summed E-state index contributed by atoms with van der Waals surface area (Å²) in [6.45, 7) is 0.534. The molecule has 4 nitrogen and oxygen atoms in total. The minimum atomic E-state index is -0.523. The van der Waals surface area contributed by atoms with Crippen LogP contribution in [0.1, 0.15) is 37.7 Å². The van der Waals surface area contributed by atoms with Gasteiger partial charge in [0.2, 0.25) is 0 Å². The van der Waals surface area contributed by atoms with Crippen LogP contribution in [0.5, 0.6) is 5.75 Å². The third kappa shape index (κ3) is 3.42. The zero-order valence-corrected chi connectivity index (χ0v) is 12.7. The van der Waals surface area contributed by atoms with E-state index >= 15 is 0 Å². The van der Waals surface area contributed by atoms with Crippen molar-refractivity contribution in [3.8, 4) is 5.75 Å². The second kappa shape index (κ2) is 6.92. The van der Waals surface area contributed by atoms with E-state index in [4.69, 9.17) is 15.7 Å². The highest BCUT2D eigenvalue weighted by Crippen LogP contribution is 2.30. The number of nitrogens with zero attached hydrogens (tertiary/aromatic N) is 1. The van der Waals surface area contributed by atoms with E-state index in [0.29, 0.717) is 18.1 Å². The Bertz CT molecular complexity index is 502. The smallest absolute Gasteiger partial charge is 0.179 e. The number of oxime groups is 1. The van der Waals surface area contributed by atoms with Gasteiger partial charge in [-0.2, -0.15) is 0 Å². The quantitative estimate of drug-likeness (QED) is 0.379. The molecule has 1 saturated carbocycles. The average molecular weight is 345 g/mol. The Morgan fingerprint density at radius 1 is 1.40 bits per heavy atom. The first-order chi connectivity index (χ1) is 9.63. The molecule has 2 rings (SSSR count). The summed E-state index contributed by atoms with van der Waals surface area (Å²) < 4.78 is 19.9. The van der Waals surface area contributed by atoms with Gasteiger partial charge in [-0.05, 0) is 46.8 Å². The van der Waals surface area contributed by atoms with Crippen LogP contribution in [0.25, 0.3) is 0 Å². The van der Waals surface area contributed by atoms with Crippen LogP contribution in [-0.4, -0.2) is 17.6 Å². The van der Waals surface area contributed by atoms with Gasteiger partial charge >= 0.3 is 0 Å². The van der Waals surface area contributed by atoms with Gasteiger partial charge in [0.25, 0.3) is 0 Å². The van der Waals surface area contributed by atoms with Crippen LogP contribution in [0.4, 0.5) is 4.39 Å². The predicted molar refractivity (Wildman–Crippen MR) is 78.7 cm³/mol. The van der Waals surface area contributed by atoms with Crippen molar-refractivity contribution < 1.29 is 14.3 Å². The van der Waals surface area contributed by atoms with E-state index in [1.54, 1.807) is 6.07 Å². The van der Waals surface area contributed by atoms with Crippen molar-refractivity contribution >= 4 is 21.8 Å². The minimum absolute atomic E-state index is 0.144. The molecule has 20 heavy (non-hydrogen) atoms. The highest BCUT2D eigenvalue weighted by molar-refractivity contribution is 9.10. The first-order valence-electron chi connectivity index (χ1n) is 6.72. The van der Waals surface area contributed by atoms with Crippen LogP contribution in [0.2, 0.25) is 0 Å². The molecule has 0 bridgehead atoms. The van der Waals surface area contributed by atoms with Crippen molar-refractivity contribution in [3.63, 3.8) is 0 Å². The molecule has 1 fully saturated rings. The van der Waals surface area contributed by atoms with E-state index in [9.17, 15) is 4.39 Å². The minimum Gasteiger partial charge on any atom is -0.490 e. The maximum absolute atomic E-state index is 14.1. The normalized spacial score (nSPS) is 17.2. The first kappa shape index (κ1) is 15.1. The molecule has 0 unspecified atom stereocenters. The zero-order valence-electron chi connectivity index (χ0n) is 11.1. The van der Waals surface area contributed by atoms with Crippen molar-refractivity contribution in [3.05, 3.63) is 28.0 Å². The van der Waals surface area contributed by atoms with Gasteiger partial charge in [-0.3, -0.25) is 0 Å². The first-order valence-corrected chi connectivity index (χ1v) is 7.51. The Hall–Kier alpha value is -1.30. The van der Waals surface area contributed by atoms with Gasteiger partial charge < -0.3 is 15.7 Å². The molecule has 0 heterocycles. The summed E-state index contributed by atoms with van der Waals surface area (Å²) in [5, 5.41) is 11.5. The molecule has 1 aromatic carbocycles. The fourth-order valence-electron chi connectivity index (χ4n) is 2.46. The zero-order chi connectivity index (χ0) is 14.5. The molecule has 0 aliphatic heterocycles. The van der Waals surface area contributed by atoms with Crippen molar-refractivity contribution in [2.45, 2.75) is 32.1 Å². The molecule has 0 spiro atoms. The fourth-order valence-corrected chi connectivity index (χ4v) is 2.99. The molecule has 6 heteroatoms. The van der Waals surface area contributed by atoms with Crippen molar-refractivity contribution in [1.29, 1.82) is 0 Å². The van der Waals surface area contributed by atoms with Crippen LogP contribution in [0.3, 0.4) is 0 Å². The Labute approximate surface area is 125 Å². The largest absolute Gasteiger partial charge is 0.490 e. The summed E-state index contributed by atoms with van der Waals surface area (Å²) in [7, 11) is 0. The van der Waals surface area contributed by atoms with E-state index < -0.39 is 5.82 Å². The molecule has 1 aliphatic carbocycles. The van der Waals surface area contributed by atoms with E-state index in [1.807, 2.05) is 0 Å². The summed E-state index contributed by atoms with van der Waals surface area (Å²) in [5.41, 5.74) is 5.77. The third-order valence-electron chi connectivity index (χ3n) is 3.63. The molecule has 0 amide bonds. The van der Waals surface area contributed by atoms with Crippen molar-refractivity contribution in [2.75, 3.05) is 6.61 Å². The van der Waals surface area contributed by atoms with Gasteiger partial charge in [0.1, 0.15) is 0 Å². The van der Waals surface area contributed by atoms with Crippen molar-refractivity contribution in [2.24, 2.45) is 16.8 Å². The van der Waals surface area contributed by atoms with Gasteiger partial charge in [-0.1, -0.05) is 24.4 Å². The SMILES string of the molecule is N/C(=N/O)c1ccc(OCC2CCCCC2)c(F)c1Br. The van der Waals surface area contributed by atoms with Crippen LogP contribution in [0.15, 0.2) is 21.8 Å². The summed E-state index contributed by atoms with van der Waals surface area (Å²) >= 11 is 3.11. The molecule has 0 atom stereocenters. The summed E-state index contributed by atoms with van der Waals surface area (Å²) in [5.74, 6) is 0.0297. The van der Waals surface area contributed by atoms with Crippen LogP contribution >= 0.6 is 15.9 Å².